The van der Waals surface area contributed by atoms with Crippen molar-refractivity contribution >= 4 is 5.91 Å². The largest absolute Gasteiger partial charge is 0.345 e. The SMILES string of the molecule is CN(C)C(=O)c1c(F)ccc(F)c1F. The molecule has 14 heavy (non-hydrogen) atoms. The molecule has 0 aliphatic heterocycles. The average molecular weight is 203 g/mol. The molecule has 0 aliphatic carbocycles. The molecular formula is C9H8F3NO. The van der Waals surface area contributed by atoms with Crippen LogP contribution in [0.4, 0.5) is 13.2 Å². The fourth-order valence-electron chi connectivity index (χ4n) is 0.947. The van der Waals surface area contributed by atoms with E-state index in [9.17, 15) is 18.0 Å². The quantitative estimate of drug-likeness (QED) is 0.637. The van der Waals surface area contributed by atoms with Gasteiger partial charge in [-0.25, -0.2) is 13.2 Å². The molecule has 0 spiro atoms. The maximum Gasteiger partial charge on any atom is 0.259 e. The first kappa shape index (κ1) is 10.6. The van der Waals surface area contributed by atoms with Gasteiger partial charge >= 0.3 is 0 Å². The Labute approximate surface area is 78.9 Å². The predicted octanol–water partition coefficient (Wildman–Crippen LogP) is 1.81. The highest BCUT2D eigenvalue weighted by molar-refractivity contribution is 5.94. The van der Waals surface area contributed by atoms with Gasteiger partial charge in [-0.3, -0.25) is 4.79 Å². The molecule has 1 rings (SSSR count). The van der Waals surface area contributed by atoms with Crippen molar-refractivity contribution in [3.05, 3.63) is 35.1 Å². The Kier molecular flexibility index (Phi) is 2.78. The number of hydrogen-bond acceptors (Lipinski definition) is 1. The molecule has 0 unspecified atom stereocenters. The highest BCUT2D eigenvalue weighted by Crippen LogP contribution is 2.16. The Balaban J connectivity index is 3.33. The van der Waals surface area contributed by atoms with Crippen LogP contribution in [0.3, 0.4) is 0 Å². The Morgan fingerprint density at radius 2 is 1.64 bits per heavy atom. The second-order valence-electron chi connectivity index (χ2n) is 2.92. The summed E-state index contributed by atoms with van der Waals surface area (Å²) in [4.78, 5) is 12.2. The van der Waals surface area contributed by atoms with E-state index in [-0.39, 0.29) is 0 Å². The number of amides is 1. The monoisotopic (exact) mass is 203 g/mol. The summed E-state index contributed by atoms with van der Waals surface area (Å²) >= 11 is 0. The van der Waals surface area contributed by atoms with E-state index in [1.807, 2.05) is 0 Å². The standard InChI is InChI=1S/C9H8F3NO/c1-13(2)9(14)7-5(10)3-4-6(11)8(7)12/h3-4H,1-2H3. The van der Waals surface area contributed by atoms with Crippen LogP contribution in [-0.2, 0) is 0 Å². The fraction of sp³-hybridized carbons (Fsp3) is 0.222. The minimum atomic E-state index is -1.45. The highest BCUT2D eigenvalue weighted by Gasteiger charge is 2.21. The van der Waals surface area contributed by atoms with Crippen molar-refractivity contribution in [1.29, 1.82) is 0 Å². The number of rotatable bonds is 1. The van der Waals surface area contributed by atoms with Crippen LogP contribution in [0.15, 0.2) is 12.1 Å². The number of benzene rings is 1. The summed E-state index contributed by atoms with van der Waals surface area (Å²) in [5.74, 6) is -4.66. The van der Waals surface area contributed by atoms with Gasteiger partial charge in [0.15, 0.2) is 11.6 Å². The third-order valence-electron chi connectivity index (χ3n) is 1.66. The van der Waals surface area contributed by atoms with Crippen LogP contribution in [0.5, 0.6) is 0 Å². The summed E-state index contributed by atoms with van der Waals surface area (Å²) in [5, 5.41) is 0. The smallest absolute Gasteiger partial charge is 0.259 e. The lowest BCUT2D eigenvalue weighted by Gasteiger charge is -2.11. The molecule has 1 amide bonds. The molecule has 0 aliphatic rings. The van der Waals surface area contributed by atoms with Gasteiger partial charge in [-0.2, -0.15) is 0 Å². The third kappa shape index (κ3) is 1.71. The van der Waals surface area contributed by atoms with Gasteiger partial charge in [0.25, 0.3) is 5.91 Å². The first-order chi connectivity index (χ1) is 6.45. The van der Waals surface area contributed by atoms with Gasteiger partial charge in [-0.05, 0) is 12.1 Å². The molecule has 1 aromatic rings. The minimum Gasteiger partial charge on any atom is -0.345 e. The first-order valence-electron chi connectivity index (χ1n) is 3.80. The Hall–Kier alpha value is -1.52. The lowest BCUT2D eigenvalue weighted by atomic mass is 10.1. The molecule has 0 saturated carbocycles. The van der Waals surface area contributed by atoms with Gasteiger partial charge in [0, 0.05) is 14.1 Å². The maximum atomic E-state index is 13.0. The summed E-state index contributed by atoms with van der Waals surface area (Å²) in [5.41, 5.74) is -0.866. The van der Waals surface area contributed by atoms with Crippen LogP contribution in [0.25, 0.3) is 0 Å². The normalized spacial score (nSPS) is 10.1. The van der Waals surface area contributed by atoms with Gasteiger partial charge in [-0.1, -0.05) is 0 Å². The molecule has 0 aromatic heterocycles. The zero-order valence-electron chi connectivity index (χ0n) is 7.64. The van der Waals surface area contributed by atoms with E-state index in [1.165, 1.54) is 14.1 Å². The number of nitrogens with zero attached hydrogens (tertiary/aromatic N) is 1. The Morgan fingerprint density at radius 3 is 2.14 bits per heavy atom. The molecule has 76 valence electrons. The molecule has 0 atom stereocenters. The fourth-order valence-corrected chi connectivity index (χ4v) is 0.947. The van der Waals surface area contributed by atoms with Crippen molar-refractivity contribution in [2.75, 3.05) is 14.1 Å². The van der Waals surface area contributed by atoms with Gasteiger partial charge < -0.3 is 4.90 Å². The van der Waals surface area contributed by atoms with Crippen molar-refractivity contribution in [2.45, 2.75) is 0 Å². The van der Waals surface area contributed by atoms with E-state index < -0.39 is 28.9 Å². The van der Waals surface area contributed by atoms with Gasteiger partial charge in [0.1, 0.15) is 11.4 Å². The van der Waals surface area contributed by atoms with Crippen LogP contribution in [0.1, 0.15) is 10.4 Å². The average Bonchev–Trinajstić information content (AvgIpc) is 2.12. The summed E-state index contributed by atoms with van der Waals surface area (Å²) in [7, 11) is 2.65. The molecule has 1 aromatic carbocycles. The molecule has 0 heterocycles. The molecule has 0 bridgehead atoms. The highest BCUT2D eigenvalue weighted by atomic mass is 19.2. The summed E-state index contributed by atoms with van der Waals surface area (Å²) in [6.07, 6.45) is 0. The molecule has 0 saturated heterocycles. The second-order valence-corrected chi connectivity index (χ2v) is 2.92. The number of halogens is 3. The van der Waals surface area contributed by atoms with Crippen molar-refractivity contribution < 1.29 is 18.0 Å². The zero-order valence-corrected chi connectivity index (χ0v) is 7.64. The van der Waals surface area contributed by atoms with Crippen LogP contribution < -0.4 is 0 Å². The van der Waals surface area contributed by atoms with Crippen LogP contribution in [-0.4, -0.2) is 24.9 Å². The van der Waals surface area contributed by atoms with Crippen molar-refractivity contribution in [3.8, 4) is 0 Å². The molecule has 0 N–H and O–H groups in total. The second kappa shape index (κ2) is 3.69. The zero-order chi connectivity index (χ0) is 10.9. The van der Waals surface area contributed by atoms with E-state index in [0.29, 0.717) is 6.07 Å². The Morgan fingerprint density at radius 1 is 1.14 bits per heavy atom. The summed E-state index contributed by atoms with van der Waals surface area (Å²) < 4.78 is 38.7. The summed E-state index contributed by atoms with van der Waals surface area (Å²) in [6, 6.07) is 1.35. The van der Waals surface area contributed by atoms with E-state index in [1.54, 1.807) is 0 Å². The number of carbonyl (C=O) groups excluding carboxylic acids is 1. The summed E-state index contributed by atoms with van der Waals surface area (Å²) in [6.45, 7) is 0. The number of hydrogen-bond donors (Lipinski definition) is 0. The topological polar surface area (TPSA) is 20.3 Å². The van der Waals surface area contributed by atoms with Crippen LogP contribution in [0.2, 0.25) is 0 Å². The molecule has 5 heteroatoms. The minimum absolute atomic E-state index is 0.636. The van der Waals surface area contributed by atoms with Crippen molar-refractivity contribution in [2.24, 2.45) is 0 Å². The lowest BCUT2D eigenvalue weighted by molar-refractivity contribution is 0.0817. The molecular weight excluding hydrogens is 195 g/mol. The lowest BCUT2D eigenvalue weighted by Crippen LogP contribution is -2.24. The van der Waals surface area contributed by atoms with Gasteiger partial charge in [-0.15, -0.1) is 0 Å². The molecule has 0 fully saturated rings. The van der Waals surface area contributed by atoms with Crippen molar-refractivity contribution in [1.82, 2.24) is 4.90 Å². The van der Waals surface area contributed by atoms with Gasteiger partial charge in [0.2, 0.25) is 0 Å². The van der Waals surface area contributed by atoms with Crippen LogP contribution >= 0.6 is 0 Å². The first-order valence-corrected chi connectivity index (χ1v) is 3.80. The van der Waals surface area contributed by atoms with E-state index in [4.69, 9.17) is 0 Å². The van der Waals surface area contributed by atoms with E-state index in [2.05, 4.69) is 0 Å². The predicted molar refractivity (Wildman–Crippen MR) is 44.3 cm³/mol. The van der Waals surface area contributed by atoms with Crippen molar-refractivity contribution in [3.63, 3.8) is 0 Å². The Bertz CT molecular complexity index is 377. The van der Waals surface area contributed by atoms with Crippen LogP contribution in [0, 0.1) is 17.5 Å². The number of carbonyl (C=O) groups is 1. The molecule has 0 radical (unpaired) electrons. The van der Waals surface area contributed by atoms with E-state index in [0.717, 1.165) is 11.0 Å². The third-order valence-corrected chi connectivity index (χ3v) is 1.66. The van der Waals surface area contributed by atoms with E-state index >= 15 is 0 Å². The molecule has 2 nitrogen and oxygen atoms in total. The van der Waals surface area contributed by atoms with Gasteiger partial charge in [0.05, 0.1) is 0 Å². The maximum absolute atomic E-state index is 13.0.